The summed E-state index contributed by atoms with van der Waals surface area (Å²) in [4.78, 5) is 4.35. The van der Waals surface area contributed by atoms with Crippen LogP contribution in [0.3, 0.4) is 0 Å². The first-order valence-corrected chi connectivity index (χ1v) is 6.48. The maximum atomic E-state index is 5.23. The minimum absolute atomic E-state index is 0.550. The molecule has 0 aliphatic rings. The van der Waals surface area contributed by atoms with E-state index in [-0.39, 0.29) is 0 Å². The van der Waals surface area contributed by atoms with Gasteiger partial charge in [-0.3, -0.25) is 4.68 Å². The molecule has 102 valence electrons. The van der Waals surface area contributed by atoms with Crippen molar-refractivity contribution in [1.29, 1.82) is 0 Å². The Labute approximate surface area is 116 Å². The van der Waals surface area contributed by atoms with Gasteiger partial charge in [-0.2, -0.15) is 10.1 Å². The molecule has 0 radical (unpaired) electrons. The largest absolute Gasteiger partial charge is 0.334 e. The van der Waals surface area contributed by atoms with E-state index in [9.17, 15) is 0 Å². The van der Waals surface area contributed by atoms with Crippen LogP contribution in [0, 0.1) is 0 Å². The van der Waals surface area contributed by atoms with Gasteiger partial charge >= 0.3 is 0 Å². The number of hydrogen-bond donors (Lipinski definition) is 1. The van der Waals surface area contributed by atoms with Gasteiger partial charge < -0.3 is 9.84 Å². The summed E-state index contributed by atoms with van der Waals surface area (Å²) in [5.74, 6) is 1.21. The number of nitrogens with one attached hydrogen (secondary N) is 1. The maximum Gasteiger partial charge on any atom is 0.257 e. The molecule has 0 amide bonds. The van der Waals surface area contributed by atoms with Gasteiger partial charge in [-0.1, -0.05) is 23.4 Å². The summed E-state index contributed by atoms with van der Waals surface area (Å²) in [6, 6.07) is 11.6. The van der Waals surface area contributed by atoms with Gasteiger partial charge in [0.25, 0.3) is 5.89 Å². The van der Waals surface area contributed by atoms with Gasteiger partial charge in [-0.15, -0.1) is 0 Å². The van der Waals surface area contributed by atoms with E-state index in [1.165, 1.54) is 0 Å². The molecule has 0 aliphatic heterocycles. The molecular weight excluding hydrogens is 254 g/mol. The molecule has 0 aliphatic carbocycles. The maximum absolute atomic E-state index is 5.23. The average Bonchev–Trinajstić information content (AvgIpc) is 3.16. The lowest BCUT2D eigenvalue weighted by atomic mass is 10.2. The smallest absolute Gasteiger partial charge is 0.257 e. The summed E-state index contributed by atoms with van der Waals surface area (Å²) in [5, 5.41) is 11.3. The summed E-state index contributed by atoms with van der Waals surface area (Å²) >= 11 is 0. The number of aromatic nitrogens is 4. The lowest BCUT2D eigenvalue weighted by Crippen LogP contribution is -2.20. The summed E-state index contributed by atoms with van der Waals surface area (Å²) < 4.78 is 7.11. The zero-order valence-electron chi connectivity index (χ0n) is 10.9. The van der Waals surface area contributed by atoms with Gasteiger partial charge in [-0.25, -0.2) is 0 Å². The van der Waals surface area contributed by atoms with Gasteiger partial charge in [0.05, 0.1) is 13.1 Å². The van der Waals surface area contributed by atoms with E-state index in [1.807, 2.05) is 47.3 Å². The first kappa shape index (κ1) is 12.6. The van der Waals surface area contributed by atoms with Crippen molar-refractivity contribution in [2.45, 2.75) is 13.1 Å². The third kappa shape index (κ3) is 3.10. The minimum atomic E-state index is 0.550. The SMILES string of the molecule is c1ccc(-c2nc(CNCCn3cccn3)no2)cc1. The zero-order chi connectivity index (χ0) is 13.6. The quantitative estimate of drug-likeness (QED) is 0.690. The monoisotopic (exact) mass is 269 g/mol. The van der Waals surface area contributed by atoms with Gasteiger partial charge in [0.15, 0.2) is 5.82 Å². The van der Waals surface area contributed by atoms with Crippen molar-refractivity contribution < 1.29 is 4.52 Å². The van der Waals surface area contributed by atoms with Crippen LogP contribution in [-0.4, -0.2) is 26.5 Å². The van der Waals surface area contributed by atoms with E-state index in [4.69, 9.17) is 4.52 Å². The third-order valence-electron chi connectivity index (χ3n) is 2.85. The molecule has 6 nitrogen and oxygen atoms in total. The molecule has 6 heteroatoms. The first-order chi connectivity index (χ1) is 9.92. The van der Waals surface area contributed by atoms with E-state index < -0.39 is 0 Å². The van der Waals surface area contributed by atoms with Crippen LogP contribution in [0.4, 0.5) is 0 Å². The summed E-state index contributed by atoms with van der Waals surface area (Å²) in [6.45, 7) is 2.20. The molecule has 0 unspecified atom stereocenters. The summed E-state index contributed by atoms with van der Waals surface area (Å²) in [6.07, 6.45) is 3.70. The Hall–Kier alpha value is -2.47. The van der Waals surface area contributed by atoms with Gasteiger partial charge in [0, 0.05) is 24.5 Å². The lowest BCUT2D eigenvalue weighted by Gasteiger charge is -2.01. The molecular formula is C14H15N5O. The van der Waals surface area contributed by atoms with Gasteiger partial charge in [-0.05, 0) is 18.2 Å². The van der Waals surface area contributed by atoms with E-state index in [1.54, 1.807) is 6.20 Å². The standard InChI is InChI=1S/C14H15N5O/c1-2-5-12(6-3-1)14-17-13(18-20-14)11-15-8-10-19-9-4-7-16-19/h1-7,9,15H,8,10-11H2. The van der Waals surface area contributed by atoms with Crippen LogP contribution in [0.5, 0.6) is 0 Å². The highest BCUT2D eigenvalue weighted by molar-refractivity contribution is 5.51. The highest BCUT2D eigenvalue weighted by Gasteiger charge is 2.07. The number of hydrogen-bond acceptors (Lipinski definition) is 5. The second kappa shape index (κ2) is 6.12. The molecule has 0 bridgehead atoms. The molecule has 20 heavy (non-hydrogen) atoms. The molecule has 2 heterocycles. The van der Waals surface area contributed by atoms with Gasteiger partial charge in [0.2, 0.25) is 0 Å². The van der Waals surface area contributed by atoms with E-state index in [0.717, 1.165) is 18.7 Å². The Kier molecular flexibility index (Phi) is 3.84. The Morgan fingerprint density at radius 1 is 1.15 bits per heavy atom. The van der Waals surface area contributed by atoms with Crippen molar-refractivity contribution in [1.82, 2.24) is 25.2 Å². The Balaban J connectivity index is 1.50. The lowest BCUT2D eigenvalue weighted by molar-refractivity contribution is 0.418. The van der Waals surface area contributed by atoms with Crippen molar-refractivity contribution in [2.24, 2.45) is 0 Å². The number of nitrogens with zero attached hydrogens (tertiary/aromatic N) is 4. The second-order valence-corrected chi connectivity index (χ2v) is 4.33. The molecule has 0 spiro atoms. The van der Waals surface area contributed by atoms with Crippen LogP contribution >= 0.6 is 0 Å². The third-order valence-corrected chi connectivity index (χ3v) is 2.85. The second-order valence-electron chi connectivity index (χ2n) is 4.33. The molecule has 2 aromatic heterocycles. The number of rotatable bonds is 6. The Morgan fingerprint density at radius 3 is 2.85 bits per heavy atom. The van der Waals surface area contributed by atoms with E-state index in [0.29, 0.717) is 18.3 Å². The molecule has 1 aromatic carbocycles. The van der Waals surface area contributed by atoms with Crippen LogP contribution in [0.25, 0.3) is 11.5 Å². The van der Waals surface area contributed by atoms with Crippen LogP contribution in [0.1, 0.15) is 5.82 Å². The van der Waals surface area contributed by atoms with Crippen LogP contribution in [0.2, 0.25) is 0 Å². The molecule has 0 atom stereocenters. The van der Waals surface area contributed by atoms with Crippen molar-refractivity contribution >= 4 is 0 Å². The van der Waals surface area contributed by atoms with Crippen LogP contribution in [-0.2, 0) is 13.1 Å². The van der Waals surface area contributed by atoms with E-state index in [2.05, 4.69) is 20.6 Å². The van der Waals surface area contributed by atoms with Crippen LogP contribution < -0.4 is 5.32 Å². The highest BCUT2D eigenvalue weighted by Crippen LogP contribution is 2.15. The predicted molar refractivity (Wildman–Crippen MR) is 73.7 cm³/mol. The predicted octanol–water partition coefficient (Wildman–Crippen LogP) is 1.72. The summed E-state index contributed by atoms with van der Waals surface area (Å²) in [5.41, 5.74) is 0.933. The van der Waals surface area contributed by atoms with Crippen molar-refractivity contribution in [3.05, 3.63) is 54.6 Å². The highest BCUT2D eigenvalue weighted by atomic mass is 16.5. The zero-order valence-corrected chi connectivity index (χ0v) is 10.9. The summed E-state index contributed by atoms with van der Waals surface area (Å²) in [7, 11) is 0. The topological polar surface area (TPSA) is 68.8 Å². The molecule has 1 N–H and O–H groups in total. The fourth-order valence-electron chi connectivity index (χ4n) is 1.85. The fourth-order valence-corrected chi connectivity index (χ4v) is 1.85. The van der Waals surface area contributed by atoms with Crippen molar-refractivity contribution in [3.63, 3.8) is 0 Å². The van der Waals surface area contributed by atoms with Crippen LogP contribution in [0.15, 0.2) is 53.3 Å². The average molecular weight is 269 g/mol. The normalized spacial score (nSPS) is 10.8. The first-order valence-electron chi connectivity index (χ1n) is 6.48. The van der Waals surface area contributed by atoms with Crippen molar-refractivity contribution in [3.8, 4) is 11.5 Å². The van der Waals surface area contributed by atoms with Crippen molar-refractivity contribution in [2.75, 3.05) is 6.54 Å². The Bertz CT molecular complexity index is 633. The fraction of sp³-hybridized carbons (Fsp3) is 0.214. The molecule has 0 saturated heterocycles. The molecule has 3 rings (SSSR count). The molecule has 0 fully saturated rings. The van der Waals surface area contributed by atoms with Gasteiger partial charge in [0.1, 0.15) is 0 Å². The van der Waals surface area contributed by atoms with E-state index >= 15 is 0 Å². The minimum Gasteiger partial charge on any atom is -0.334 e. The molecule has 0 saturated carbocycles. The Morgan fingerprint density at radius 2 is 2.05 bits per heavy atom. The number of benzene rings is 1. The molecule has 3 aromatic rings.